The molecular weight excluding hydrogens is 114 g/mol. The van der Waals surface area contributed by atoms with Crippen LogP contribution in [0.5, 0.6) is 0 Å². The molecule has 0 spiro atoms. The zero-order valence-corrected chi connectivity index (χ0v) is 5.83. The Morgan fingerprint density at radius 1 is 1.67 bits per heavy atom. The molecule has 3 heteroatoms. The Hall–Kier alpha value is -0.830. The van der Waals surface area contributed by atoms with Crippen molar-refractivity contribution in [2.45, 2.75) is 19.9 Å². The quantitative estimate of drug-likeness (QED) is 0.521. The van der Waals surface area contributed by atoms with Gasteiger partial charge in [0.2, 0.25) is 0 Å². The summed E-state index contributed by atoms with van der Waals surface area (Å²) in [4.78, 5) is 3.80. The summed E-state index contributed by atoms with van der Waals surface area (Å²) < 4.78 is 0. The van der Waals surface area contributed by atoms with Crippen molar-refractivity contribution in [1.82, 2.24) is 0 Å². The van der Waals surface area contributed by atoms with Crippen molar-refractivity contribution in [3.63, 3.8) is 0 Å². The third-order valence-corrected chi connectivity index (χ3v) is 0.898. The summed E-state index contributed by atoms with van der Waals surface area (Å²) in [7, 11) is 0. The van der Waals surface area contributed by atoms with E-state index >= 15 is 0 Å². The van der Waals surface area contributed by atoms with Crippen LogP contribution in [0, 0.1) is 0 Å². The van der Waals surface area contributed by atoms with Gasteiger partial charge in [0.15, 0.2) is 0 Å². The van der Waals surface area contributed by atoms with Gasteiger partial charge in [0.25, 0.3) is 0 Å². The Bertz CT molecular complexity index is 124. The number of hydrogen-bond acceptors (Lipinski definition) is 3. The van der Waals surface area contributed by atoms with Crippen LogP contribution < -0.4 is 11.5 Å². The summed E-state index contributed by atoms with van der Waals surface area (Å²) in [6.07, 6.45) is 3.22. The number of nitrogens with zero attached hydrogens (tertiary/aromatic N) is 1. The van der Waals surface area contributed by atoms with E-state index in [0.717, 1.165) is 0 Å². The third-order valence-electron chi connectivity index (χ3n) is 0.898. The fraction of sp³-hybridized carbons (Fsp3) is 0.500. The zero-order valence-electron chi connectivity index (χ0n) is 5.83. The van der Waals surface area contributed by atoms with E-state index in [0.29, 0.717) is 5.70 Å². The summed E-state index contributed by atoms with van der Waals surface area (Å²) in [6.45, 7) is 3.64. The normalized spacial score (nSPS) is 16.6. The molecule has 1 atom stereocenters. The van der Waals surface area contributed by atoms with Gasteiger partial charge in [-0.3, -0.25) is 4.99 Å². The molecule has 0 fully saturated rings. The van der Waals surface area contributed by atoms with E-state index in [9.17, 15) is 0 Å². The Morgan fingerprint density at radius 2 is 2.22 bits per heavy atom. The summed E-state index contributed by atoms with van der Waals surface area (Å²) in [5.74, 6) is 0. The van der Waals surface area contributed by atoms with Crippen molar-refractivity contribution in [2.24, 2.45) is 16.5 Å². The van der Waals surface area contributed by atoms with Crippen molar-refractivity contribution < 1.29 is 0 Å². The van der Waals surface area contributed by atoms with Crippen LogP contribution in [0.25, 0.3) is 0 Å². The fourth-order valence-corrected chi connectivity index (χ4v) is 0.278. The van der Waals surface area contributed by atoms with Crippen LogP contribution in [0.15, 0.2) is 16.9 Å². The van der Waals surface area contributed by atoms with Crippen LogP contribution in [0.3, 0.4) is 0 Å². The maximum absolute atomic E-state index is 5.42. The van der Waals surface area contributed by atoms with E-state index in [2.05, 4.69) is 4.99 Å². The highest BCUT2D eigenvalue weighted by Crippen LogP contribution is 1.88. The smallest absolute Gasteiger partial charge is 0.0467 e. The summed E-state index contributed by atoms with van der Waals surface area (Å²) in [6, 6.07) is -0.103. The van der Waals surface area contributed by atoms with Crippen LogP contribution in [0.2, 0.25) is 0 Å². The molecule has 52 valence electrons. The number of hydrogen-bond donors (Lipinski definition) is 2. The predicted molar refractivity (Wildman–Crippen MR) is 40.1 cm³/mol. The molecule has 0 aromatic heterocycles. The minimum atomic E-state index is -0.103. The van der Waals surface area contributed by atoms with Gasteiger partial charge >= 0.3 is 0 Å². The molecule has 0 heterocycles. The predicted octanol–water partition coefficient (Wildman–Crippen LogP) is 0.224. The topological polar surface area (TPSA) is 64.4 Å². The number of nitrogens with two attached hydrogens (primary N) is 2. The number of rotatable bonds is 2. The van der Waals surface area contributed by atoms with Gasteiger partial charge in [0.1, 0.15) is 0 Å². The first kappa shape index (κ1) is 8.17. The summed E-state index contributed by atoms with van der Waals surface area (Å²) in [5.41, 5.74) is 11.4. The highest BCUT2D eigenvalue weighted by atomic mass is 14.8. The van der Waals surface area contributed by atoms with Gasteiger partial charge < -0.3 is 11.5 Å². The Morgan fingerprint density at radius 3 is 2.56 bits per heavy atom. The lowest BCUT2D eigenvalue weighted by molar-refractivity contribution is 0.843. The van der Waals surface area contributed by atoms with Gasteiger partial charge in [-0.2, -0.15) is 0 Å². The fourth-order valence-electron chi connectivity index (χ4n) is 0.278. The van der Waals surface area contributed by atoms with Crippen molar-refractivity contribution in [2.75, 3.05) is 0 Å². The molecule has 4 N–H and O–H groups in total. The van der Waals surface area contributed by atoms with Gasteiger partial charge in [-0.25, -0.2) is 0 Å². The lowest BCUT2D eigenvalue weighted by Gasteiger charge is -2.01. The molecule has 0 aliphatic heterocycles. The van der Waals surface area contributed by atoms with Gasteiger partial charge in [0, 0.05) is 24.2 Å². The highest BCUT2D eigenvalue weighted by Gasteiger charge is 1.93. The van der Waals surface area contributed by atoms with Crippen molar-refractivity contribution in [1.29, 1.82) is 0 Å². The van der Waals surface area contributed by atoms with E-state index in [1.165, 1.54) is 0 Å². The van der Waals surface area contributed by atoms with E-state index in [1.807, 2.05) is 13.8 Å². The first-order valence-corrected chi connectivity index (χ1v) is 2.87. The second-order valence-corrected chi connectivity index (χ2v) is 1.83. The molecule has 3 nitrogen and oxygen atoms in total. The second kappa shape index (κ2) is 4.09. The lowest BCUT2D eigenvalue weighted by Crippen LogP contribution is -2.23. The minimum absolute atomic E-state index is 0.103. The standard InChI is InChI=1S/C6H13N3/c1-3-9-4-6(8)5(2)7/h3-5H,7-8H2,1-2H3/b6-4+,9-3?. The Labute approximate surface area is 55.4 Å². The summed E-state index contributed by atoms with van der Waals surface area (Å²) in [5, 5.41) is 0. The third kappa shape index (κ3) is 3.73. The van der Waals surface area contributed by atoms with Gasteiger partial charge in [-0.1, -0.05) is 0 Å². The van der Waals surface area contributed by atoms with Crippen LogP contribution >= 0.6 is 0 Å². The van der Waals surface area contributed by atoms with Crippen LogP contribution in [-0.2, 0) is 0 Å². The molecule has 0 aromatic rings. The molecule has 9 heavy (non-hydrogen) atoms. The zero-order chi connectivity index (χ0) is 7.28. The van der Waals surface area contributed by atoms with Crippen LogP contribution in [0.4, 0.5) is 0 Å². The van der Waals surface area contributed by atoms with E-state index in [4.69, 9.17) is 11.5 Å². The first-order chi connectivity index (χ1) is 4.18. The van der Waals surface area contributed by atoms with Gasteiger partial charge in [-0.15, -0.1) is 0 Å². The average Bonchev–Trinajstić information content (AvgIpc) is 1.82. The van der Waals surface area contributed by atoms with E-state index in [-0.39, 0.29) is 6.04 Å². The lowest BCUT2D eigenvalue weighted by atomic mass is 10.3. The molecule has 0 radical (unpaired) electrons. The highest BCUT2D eigenvalue weighted by molar-refractivity contribution is 5.54. The average molecular weight is 127 g/mol. The maximum Gasteiger partial charge on any atom is 0.0467 e. The molecule has 0 aromatic carbocycles. The van der Waals surface area contributed by atoms with E-state index in [1.54, 1.807) is 12.4 Å². The molecule has 0 aliphatic carbocycles. The molecule has 0 aliphatic rings. The maximum atomic E-state index is 5.42. The Balaban J connectivity index is 3.84. The van der Waals surface area contributed by atoms with Crippen LogP contribution in [-0.4, -0.2) is 12.3 Å². The monoisotopic (exact) mass is 127 g/mol. The second-order valence-electron chi connectivity index (χ2n) is 1.83. The molecule has 1 unspecified atom stereocenters. The molecule has 0 rings (SSSR count). The molecule has 0 saturated heterocycles. The molecular formula is C6H13N3. The van der Waals surface area contributed by atoms with E-state index < -0.39 is 0 Å². The molecule has 0 bridgehead atoms. The van der Waals surface area contributed by atoms with Crippen molar-refractivity contribution >= 4 is 6.21 Å². The molecule has 0 saturated carbocycles. The summed E-state index contributed by atoms with van der Waals surface area (Å²) >= 11 is 0. The first-order valence-electron chi connectivity index (χ1n) is 2.87. The van der Waals surface area contributed by atoms with Crippen LogP contribution in [0.1, 0.15) is 13.8 Å². The minimum Gasteiger partial charge on any atom is -0.400 e. The molecule has 0 amide bonds. The van der Waals surface area contributed by atoms with Crippen molar-refractivity contribution in [3.8, 4) is 0 Å². The number of aliphatic imine (C=N–C) groups is 1. The van der Waals surface area contributed by atoms with Gasteiger partial charge in [0.05, 0.1) is 0 Å². The largest absolute Gasteiger partial charge is 0.400 e. The SMILES string of the molecule is CC=N/C=C(/N)C(C)N. The van der Waals surface area contributed by atoms with Gasteiger partial charge in [-0.05, 0) is 13.8 Å². The Kier molecular flexibility index (Phi) is 3.71. The van der Waals surface area contributed by atoms with Crippen molar-refractivity contribution in [3.05, 3.63) is 11.9 Å².